The number of aromatic nitrogens is 1. The number of para-hydroxylation sites is 1. The molecule has 2 aromatic carbocycles. The first kappa shape index (κ1) is 18.7. The minimum atomic E-state index is -0.423. The summed E-state index contributed by atoms with van der Waals surface area (Å²) in [6.07, 6.45) is 2.98. The van der Waals surface area contributed by atoms with Gasteiger partial charge in [0.25, 0.3) is 10.9 Å². The lowest BCUT2D eigenvalue weighted by molar-refractivity contribution is 0.242. The molecule has 0 radical (unpaired) electrons. The summed E-state index contributed by atoms with van der Waals surface area (Å²) in [6.45, 7) is 5.53. The summed E-state index contributed by atoms with van der Waals surface area (Å²) in [4.78, 5) is 34.4. The molecule has 0 spiro atoms. The van der Waals surface area contributed by atoms with Gasteiger partial charge in [-0.2, -0.15) is 0 Å². The van der Waals surface area contributed by atoms with Crippen LogP contribution < -0.4 is 21.1 Å². The van der Waals surface area contributed by atoms with Crippen molar-refractivity contribution in [2.75, 3.05) is 63.6 Å². The number of H-pyrrole nitrogens is 1. The molecule has 0 aliphatic carbocycles. The van der Waals surface area contributed by atoms with Crippen molar-refractivity contribution in [2.24, 2.45) is 0 Å². The highest BCUT2D eigenvalue weighted by atomic mass is 16.2. The fraction of sp³-hybridized carbons (Fsp3) is 0.429. The number of nitrogens with zero attached hydrogens (tertiary/aromatic N) is 3. The fourth-order valence-electron chi connectivity index (χ4n) is 3.91. The van der Waals surface area contributed by atoms with Crippen LogP contribution >= 0.6 is 0 Å². The van der Waals surface area contributed by atoms with Crippen LogP contribution in [0.4, 0.5) is 17.1 Å². The van der Waals surface area contributed by atoms with Gasteiger partial charge in [0.15, 0.2) is 0 Å². The number of nitrogens with one attached hydrogen (secondary N) is 2. The average molecular weight is 381 g/mol. The van der Waals surface area contributed by atoms with Crippen LogP contribution in [0.5, 0.6) is 0 Å². The monoisotopic (exact) mass is 381 g/mol. The Morgan fingerprint density at radius 1 is 1.07 bits per heavy atom. The number of hydrogen-bond donors (Lipinski definition) is 2. The standard InChI is InChI=1S/C21H27N5O2/c1-24(2)8-5-9-25-10-12-26(13-11-25)19-18(20(27)21(19)28)23-17-14-22-16-7-4-3-6-15(16)17/h3-4,6-7,14,22-23H,5,8-13H2,1-2H3. The molecule has 7 heteroatoms. The number of piperazine rings is 1. The summed E-state index contributed by atoms with van der Waals surface area (Å²) < 4.78 is 0. The third-order valence-corrected chi connectivity index (χ3v) is 5.50. The quantitative estimate of drug-likeness (QED) is 0.606. The highest BCUT2D eigenvalue weighted by Crippen LogP contribution is 2.29. The van der Waals surface area contributed by atoms with E-state index < -0.39 is 5.43 Å². The van der Waals surface area contributed by atoms with Crippen LogP contribution in [0, 0.1) is 0 Å². The van der Waals surface area contributed by atoms with Crippen molar-refractivity contribution in [1.82, 2.24) is 14.8 Å². The van der Waals surface area contributed by atoms with Crippen LogP contribution in [0.25, 0.3) is 10.9 Å². The lowest BCUT2D eigenvalue weighted by atomic mass is 10.1. The zero-order valence-corrected chi connectivity index (χ0v) is 16.5. The van der Waals surface area contributed by atoms with Gasteiger partial charge in [0.2, 0.25) is 0 Å². The molecule has 0 atom stereocenters. The summed E-state index contributed by atoms with van der Waals surface area (Å²) in [7, 11) is 4.18. The van der Waals surface area contributed by atoms with Gasteiger partial charge in [0.1, 0.15) is 11.4 Å². The Balaban J connectivity index is 1.44. The largest absolute Gasteiger partial charge is 0.364 e. The maximum atomic E-state index is 12.3. The van der Waals surface area contributed by atoms with Crippen molar-refractivity contribution in [1.29, 1.82) is 0 Å². The maximum absolute atomic E-state index is 12.3. The molecule has 7 nitrogen and oxygen atoms in total. The second-order valence-electron chi connectivity index (χ2n) is 7.74. The van der Waals surface area contributed by atoms with Gasteiger partial charge in [0.05, 0.1) is 5.69 Å². The Hall–Kier alpha value is -2.64. The first-order valence-corrected chi connectivity index (χ1v) is 9.83. The number of aromatic amines is 1. The topological polar surface area (TPSA) is 71.7 Å². The molecule has 0 amide bonds. The Morgan fingerprint density at radius 2 is 1.82 bits per heavy atom. The van der Waals surface area contributed by atoms with Crippen molar-refractivity contribution in [3.05, 3.63) is 50.9 Å². The molecule has 0 bridgehead atoms. The smallest absolute Gasteiger partial charge is 0.253 e. The fourth-order valence-corrected chi connectivity index (χ4v) is 3.91. The average Bonchev–Trinajstić information content (AvgIpc) is 3.11. The molecule has 3 aromatic rings. The molecule has 1 aromatic heterocycles. The van der Waals surface area contributed by atoms with Crippen LogP contribution in [0.2, 0.25) is 0 Å². The van der Waals surface area contributed by atoms with Crippen molar-refractivity contribution in [3.8, 4) is 0 Å². The van der Waals surface area contributed by atoms with Gasteiger partial charge in [-0.25, -0.2) is 0 Å². The predicted octanol–water partition coefficient (Wildman–Crippen LogP) is 1.58. The number of hydrogen-bond acceptors (Lipinski definition) is 6. The van der Waals surface area contributed by atoms with E-state index >= 15 is 0 Å². The third-order valence-electron chi connectivity index (χ3n) is 5.50. The minimum Gasteiger partial charge on any atom is -0.364 e. The Labute approximate surface area is 164 Å². The Morgan fingerprint density at radius 3 is 2.57 bits per heavy atom. The highest BCUT2D eigenvalue weighted by molar-refractivity contribution is 5.95. The number of rotatable bonds is 7. The summed E-state index contributed by atoms with van der Waals surface area (Å²) in [6, 6.07) is 7.90. The molecule has 28 heavy (non-hydrogen) atoms. The summed E-state index contributed by atoms with van der Waals surface area (Å²) in [5.41, 5.74) is 2.00. The maximum Gasteiger partial charge on any atom is 0.253 e. The molecule has 0 saturated carbocycles. The molecule has 1 aliphatic heterocycles. The van der Waals surface area contributed by atoms with Crippen LogP contribution in [0.15, 0.2) is 40.1 Å². The Bertz CT molecular complexity index is 1020. The molecule has 1 fully saturated rings. The molecule has 4 rings (SSSR count). The normalized spacial score (nSPS) is 15.8. The SMILES string of the molecule is CN(C)CCCN1CCN(c2c(Nc3c[nH]c4ccccc34)c(=O)c2=O)CC1. The molecular formula is C21H27N5O2. The van der Waals surface area contributed by atoms with E-state index in [4.69, 9.17) is 0 Å². The van der Waals surface area contributed by atoms with E-state index in [1.54, 1.807) is 0 Å². The zero-order chi connectivity index (χ0) is 19.7. The first-order chi connectivity index (χ1) is 13.5. The number of anilines is 3. The summed E-state index contributed by atoms with van der Waals surface area (Å²) in [5, 5.41) is 4.21. The second-order valence-corrected chi connectivity index (χ2v) is 7.74. The van der Waals surface area contributed by atoms with Gasteiger partial charge in [0, 0.05) is 43.3 Å². The second kappa shape index (κ2) is 7.77. The predicted molar refractivity (Wildman–Crippen MR) is 115 cm³/mol. The van der Waals surface area contributed by atoms with Crippen molar-refractivity contribution in [2.45, 2.75) is 6.42 Å². The molecule has 1 aliphatic rings. The van der Waals surface area contributed by atoms with E-state index in [9.17, 15) is 9.59 Å². The molecule has 0 unspecified atom stereocenters. The van der Waals surface area contributed by atoms with E-state index in [-0.39, 0.29) is 5.43 Å². The molecule has 148 valence electrons. The van der Waals surface area contributed by atoms with Crippen LogP contribution in [0.1, 0.15) is 6.42 Å². The van der Waals surface area contributed by atoms with E-state index in [1.165, 1.54) is 0 Å². The summed E-state index contributed by atoms with van der Waals surface area (Å²) in [5.74, 6) is 0. The van der Waals surface area contributed by atoms with E-state index in [0.717, 1.165) is 62.3 Å². The minimum absolute atomic E-state index is 0.372. The first-order valence-electron chi connectivity index (χ1n) is 9.83. The molecule has 2 N–H and O–H groups in total. The van der Waals surface area contributed by atoms with E-state index in [1.807, 2.05) is 30.5 Å². The van der Waals surface area contributed by atoms with Crippen LogP contribution in [-0.4, -0.2) is 68.1 Å². The zero-order valence-electron chi connectivity index (χ0n) is 16.5. The van der Waals surface area contributed by atoms with Crippen molar-refractivity contribution in [3.63, 3.8) is 0 Å². The molecular weight excluding hydrogens is 354 g/mol. The molecule has 1 saturated heterocycles. The van der Waals surface area contributed by atoms with Gasteiger partial charge in [-0.15, -0.1) is 0 Å². The van der Waals surface area contributed by atoms with Gasteiger partial charge in [-0.05, 0) is 39.7 Å². The van der Waals surface area contributed by atoms with Gasteiger partial charge < -0.3 is 20.1 Å². The van der Waals surface area contributed by atoms with Gasteiger partial charge in [-0.3, -0.25) is 14.5 Å². The van der Waals surface area contributed by atoms with Gasteiger partial charge >= 0.3 is 0 Å². The van der Waals surface area contributed by atoms with Crippen LogP contribution in [0.3, 0.4) is 0 Å². The van der Waals surface area contributed by atoms with Gasteiger partial charge in [-0.1, -0.05) is 18.2 Å². The number of benzene rings is 1. The summed E-state index contributed by atoms with van der Waals surface area (Å²) >= 11 is 0. The third kappa shape index (κ3) is 3.55. The lowest BCUT2D eigenvalue weighted by Gasteiger charge is -2.37. The number of fused-ring (bicyclic) bond motifs is 1. The van der Waals surface area contributed by atoms with E-state index in [2.05, 4.69) is 39.1 Å². The van der Waals surface area contributed by atoms with Crippen molar-refractivity contribution >= 4 is 28.0 Å². The van der Waals surface area contributed by atoms with Crippen LogP contribution in [-0.2, 0) is 0 Å². The lowest BCUT2D eigenvalue weighted by Crippen LogP contribution is -2.51. The van der Waals surface area contributed by atoms with Crippen molar-refractivity contribution < 1.29 is 0 Å². The Kier molecular flexibility index (Phi) is 5.19. The van der Waals surface area contributed by atoms with E-state index in [0.29, 0.717) is 11.4 Å². The molecule has 2 heterocycles. The highest BCUT2D eigenvalue weighted by Gasteiger charge is 2.29.